The fourth-order valence-corrected chi connectivity index (χ4v) is 3.66. The number of nitrogens with zero attached hydrogens (tertiary/aromatic N) is 1. The zero-order chi connectivity index (χ0) is 11.8. The second-order valence-electron chi connectivity index (χ2n) is 4.81. The summed E-state index contributed by atoms with van der Waals surface area (Å²) in [5.41, 5.74) is 0.738. The molecule has 2 aliphatic carbocycles. The molecule has 3 nitrogen and oxygen atoms in total. The Kier molecular flexibility index (Phi) is 3.01. The molecule has 0 spiro atoms. The van der Waals surface area contributed by atoms with Crippen molar-refractivity contribution in [3.8, 4) is 0 Å². The first-order valence-corrected chi connectivity index (χ1v) is 7.25. The van der Waals surface area contributed by atoms with Gasteiger partial charge in [0.25, 0.3) is 0 Å². The third kappa shape index (κ3) is 2.16. The lowest BCUT2D eigenvalue weighted by Gasteiger charge is -2.12. The van der Waals surface area contributed by atoms with Gasteiger partial charge in [-0.05, 0) is 38.5 Å². The molecule has 2 aliphatic rings. The first-order valence-electron chi connectivity index (χ1n) is 6.44. The van der Waals surface area contributed by atoms with Crippen molar-refractivity contribution in [1.29, 1.82) is 0 Å². The summed E-state index contributed by atoms with van der Waals surface area (Å²) in [4.78, 5) is 17.5. The van der Waals surface area contributed by atoms with E-state index >= 15 is 0 Å². The second-order valence-corrected chi connectivity index (χ2v) is 5.93. The number of thiazole rings is 1. The number of ether oxygens (including phenoxy) is 1. The fourth-order valence-electron chi connectivity index (χ4n) is 2.39. The molecule has 17 heavy (non-hydrogen) atoms. The van der Waals surface area contributed by atoms with Crippen LogP contribution in [0, 0.1) is 5.92 Å². The Bertz CT molecular complexity index is 437. The molecule has 0 radical (unpaired) electrons. The molecule has 0 bridgehead atoms. The SMILES string of the molecule is CCOC(c1nc2c(s1)CCCC2=O)C1CC1. The Hall–Kier alpha value is -0.740. The third-order valence-corrected chi connectivity index (χ3v) is 4.60. The van der Waals surface area contributed by atoms with Crippen molar-refractivity contribution >= 4 is 17.1 Å². The molecule has 1 aromatic heterocycles. The first-order chi connectivity index (χ1) is 8.29. The van der Waals surface area contributed by atoms with Gasteiger partial charge >= 0.3 is 0 Å². The van der Waals surface area contributed by atoms with Gasteiger partial charge in [-0.2, -0.15) is 0 Å². The number of carbonyl (C=O) groups is 1. The molecule has 1 saturated carbocycles. The zero-order valence-corrected chi connectivity index (χ0v) is 10.9. The van der Waals surface area contributed by atoms with E-state index in [0.717, 1.165) is 30.2 Å². The highest BCUT2D eigenvalue weighted by Gasteiger charge is 2.36. The molecule has 0 aliphatic heterocycles. The number of hydrogen-bond donors (Lipinski definition) is 0. The molecule has 1 aromatic rings. The van der Waals surface area contributed by atoms with Crippen LogP contribution in [-0.2, 0) is 11.2 Å². The summed E-state index contributed by atoms with van der Waals surface area (Å²) in [6, 6.07) is 0. The maximum Gasteiger partial charge on any atom is 0.182 e. The number of aryl methyl sites for hydroxylation is 1. The van der Waals surface area contributed by atoms with Gasteiger partial charge in [0.2, 0.25) is 0 Å². The van der Waals surface area contributed by atoms with Gasteiger partial charge in [0.05, 0.1) is 0 Å². The van der Waals surface area contributed by atoms with Crippen LogP contribution in [0.4, 0.5) is 0 Å². The number of hydrogen-bond acceptors (Lipinski definition) is 4. The molecule has 3 rings (SSSR count). The van der Waals surface area contributed by atoms with Crippen molar-refractivity contribution in [3.63, 3.8) is 0 Å². The number of aromatic nitrogens is 1. The normalized spacial score (nSPS) is 21.4. The highest BCUT2D eigenvalue weighted by atomic mass is 32.1. The number of ketones is 1. The standard InChI is InChI=1S/C13H17NO2S/c1-2-16-12(8-6-7-8)13-14-11-9(15)4-3-5-10(11)17-13/h8,12H,2-7H2,1H3. The van der Waals surface area contributed by atoms with Gasteiger partial charge in [0.15, 0.2) is 5.78 Å². The maximum absolute atomic E-state index is 11.8. The summed E-state index contributed by atoms with van der Waals surface area (Å²) in [6.07, 6.45) is 5.28. The minimum Gasteiger partial charge on any atom is -0.371 e. The van der Waals surface area contributed by atoms with Crippen molar-refractivity contribution in [2.75, 3.05) is 6.61 Å². The van der Waals surface area contributed by atoms with Crippen LogP contribution in [-0.4, -0.2) is 17.4 Å². The number of carbonyl (C=O) groups excluding carboxylic acids is 1. The van der Waals surface area contributed by atoms with Crippen LogP contribution in [0.25, 0.3) is 0 Å². The van der Waals surface area contributed by atoms with Crippen LogP contribution in [0.5, 0.6) is 0 Å². The van der Waals surface area contributed by atoms with E-state index in [1.807, 2.05) is 6.92 Å². The highest BCUT2D eigenvalue weighted by molar-refractivity contribution is 7.12. The molecular weight excluding hydrogens is 234 g/mol. The summed E-state index contributed by atoms with van der Waals surface area (Å²) in [5, 5.41) is 1.04. The molecule has 0 N–H and O–H groups in total. The average Bonchev–Trinajstić information content (AvgIpc) is 3.05. The quantitative estimate of drug-likeness (QED) is 0.825. The third-order valence-electron chi connectivity index (χ3n) is 3.43. The Morgan fingerprint density at radius 3 is 2.94 bits per heavy atom. The number of Topliss-reactive ketones (excluding diaryl/α,β-unsaturated/α-hetero) is 1. The van der Waals surface area contributed by atoms with Gasteiger partial charge in [0.1, 0.15) is 16.8 Å². The molecule has 0 amide bonds. The Morgan fingerprint density at radius 1 is 1.47 bits per heavy atom. The van der Waals surface area contributed by atoms with Gasteiger partial charge in [0, 0.05) is 17.9 Å². The predicted molar refractivity (Wildman–Crippen MR) is 66.5 cm³/mol. The summed E-state index contributed by atoms with van der Waals surface area (Å²) >= 11 is 1.70. The molecule has 1 unspecified atom stereocenters. The molecule has 1 fully saturated rings. The van der Waals surface area contributed by atoms with Crippen LogP contribution < -0.4 is 0 Å². The van der Waals surface area contributed by atoms with E-state index in [9.17, 15) is 4.79 Å². The van der Waals surface area contributed by atoms with Gasteiger partial charge in [-0.25, -0.2) is 4.98 Å². The second kappa shape index (κ2) is 4.50. The predicted octanol–water partition coefficient (Wildman–Crippen LogP) is 3.15. The maximum atomic E-state index is 11.8. The molecule has 0 saturated heterocycles. The molecular formula is C13H17NO2S. The fraction of sp³-hybridized carbons (Fsp3) is 0.692. The number of fused-ring (bicyclic) bond motifs is 1. The van der Waals surface area contributed by atoms with E-state index in [4.69, 9.17) is 4.74 Å². The Morgan fingerprint density at radius 2 is 2.29 bits per heavy atom. The highest BCUT2D eigenvalue weighted by Crippen LogP contribution is 2.45. The van der Waals surface area contributed by atoms with E-state index in [-0.39, 0.29) is 11.9 Å². The average molecular weight is 251 g/mol. The zero-order valence-electron chi connectivity index (χ0n) is 10.1. The summed E-state index contributed by atoms with van der Waals surface area (Å²) in [7, 11) is 0. The minimum atomic E-state index is 0.142. The molecule has 0 aromatic carbocycles. The topological polar surface area (TPSA) is 39.2 Å². The monoisotopic (exact) mass is 251 g/mol. The van der Waals surface area contributed by atoms with E-state index in [0.29, 0.717) is 12.3 Å². The Labute approximate surface area is 105 Å². The molecule has 92 valence electrons. The molecule has 4 heteroatoms. The van der Waals surface area contributed by atoms with Crippen molar-refractivity contribution < 1.29 is 9.53 Å². The summed E-state index contributed by atoms with van der Waals surface area (Å²) in [6.45, 7) is 2.74. The van der Waals surface area contributed by atoms with Crippen LogP contribution in [0.2, 0.25) is 0 Å². The van der Waals surface area contributed by atoms with Gasteiger partial charge in [-0.1, -0.05) is 0 Å². The lowest BCUT2D eigenvalue weighted by molar-refractivity contribution is 0.0461. The van der Waals surface area contributed by atoms with E-state index in [1.54, 1.807) is 11.3 Å². The van der Waals surface area contributed by atoms with Crippen molar-refractivity contribution in [2.24, 2.45) is 5.92 Å². The van der Waals surface area contributed by atoms with Crippen LogP contribution >= 0.6 is 11.3 Å². The number of rotatable bonds is 4. The Balaban J connectivity index is 1.89. The largest absolute Gasteiger partial charge is 0.371 e. The van der Waals surface area contributed by atoms with Crippen LogP contribution in [0.3, 0.4) is 0 Å². The van der Waals surface area contributed by atoms with Gasteiger partial charge in [-0.3, -0.25) is 4.79 Å². The van der Waals surface area contributed by atoms with Gasteiger partial charge < -0.3 is 4.74 Å². The minimum absolute atomic E-state index is 0.142. The first kappa shape index (κ1) is 11.4. The van der Waals surface area contributed by atoms with Crippen molar-refractivity contribution in [1.82, 2.24) is 4.98 Å². The van der Waals surface area contributed by atoms with Crippen molar-refractivity contribution in [3.05, 3.63) is 15.6 Å². The van der Waals surface area contributed by atoms with E-state index in [1.165, 1.54) is 17.7 Å². The summed E-state index contributed by atoms with van der Waals surface area (Å²) < 4.78 is 5.80. The molecule has 1 heterocycles. The van der Waals surface area contributed by atoms with E-state index in [2.05, 4.69) is 4.98 Å². The van der Waals surface area contributed by atoms with Gasteiger partial charge in [-0.15, -0.1) is 11.3 Å². The van der Waals surface area contributed by atoms with Crippen molar-refractivity contribution in [2.45, 2.75) is 45.1 Å². The summed E-state index contributed by atoms with van der Waals surface area (Å²) in [5.74, 6) is 0.859. The molecule has 1 atom stereocenters. The smallest absolute Gasteiger partial charge is 0.182 e. The van der Waals surface area contributed by atoms with E-state index < -0.39 is 0 Å². The lowest BCUT2D eigenvalue weighted by atomic mass is 10.0. The lowest BCUT2D eigenvalue weighted by Crippen LogP contribution is -2.10. The van der Waals surface area contributed by atoms with Crippen LogP contribution in [0.15, 0.2) is 0 Å². The van der Waals surface area contributed by atoms with Crippen LogP contribution in [0.1, 0.15) is 59.1 Å².